The number of nitrogens with one attached hydrogen (secondary N) is 1. The highest BCUT2D eigenvalue weighted by Crippen LogP contribution is 2.18. The Morgan fingerprint density at radius 1 is 1.38 bits per heavy atom. The molecule has 2 nitrogen and oxygen atoms in total. The minimum Gasteiger partial charge on any atom is -0.397 e. The van der Waals surface area contributed by atoms with E-state index >= 15 is 0 Å². The third kappa shape index (κ3) is 2.92. The van der Waals surface area contributed by atoms with Crippen LogP contribution in [0.5, 0.6) is 0 Å². The number of rotatable bonds is 0. The van der Waals surface area contributed by atoms with Crippen LogP contribution in [0, 0.1) is 0 Å². The van der Waals surface area contributed by atoms with Gasteiger partial charge in [0.2, 0.25) is 0 Å². The van der Waals surface area contributed by atoms with Gasteiger partial charge in [0.25, 0.3) is 0 Å². The topological polar surface area (TPSA) is 32.3 Å². The van der Waals surface area contributed by atoms with Gasteiger partial charge in [0.15, 0.2) is 0 Å². The summed E-state index contributed by atoms with van der Waals surface area (Å²) in [4.78, 5) is 0. The van der Waals surface area contributed by atoms with Gasteiger partial charge >= 0.3 is 0 Å². The van der Waals surface area contributed by atoms with Crippen molar-refractivity contribution in [2.45, 2.75) is 6.92 Å². The number of fused-ring (bicyclic) bond motifs is 1. The molecule has 0 spiro atoms. The van der Waals surface area contributed by atoms with Gasteiger partial charge in [-0.05, 0) is 18.6 Å². The van der Waals surface area contributed by atoms with E-state index in [0.717, 1.165) is 6.54 Å². The van der Waals surface area contributed by atoms with Crippen molar-refractivity contribution in [1.29, 1.82) is 0 Å². The highest BCUT2D eigenvalue weighted by atomic mass is 16.2. The standard InChI is InChI=1S/C9H9N.C2H6O/c1-2-6-9-8(4-1)5-3-7-10-9;1-2-3/h1-6,10H,7H2;3H,2H2,1H3. The van der Waals surface area contributed by atoms with Crippen LogP contribution in [0.1, 0.15) is 12.5 Å². The Morgan fingerprint density at radius 2 is 2.08 bits per heavy atom. The van der Waals surface area contributed by atoms with Gasteiger partial charge in [0.05, 0.1) is 0 Å². The Labute approximate surface area is 78.9 Å². The van der Waals surface area contributed by atoms with Crippen molar-refractivity contribution in [2.24, 2.45) is 0 Å². The molecular formula is C11H15NO. The van der Waals surface area contributed by atoms with Crippen LogP contribution < -0.4 is 5.32 Å². The second kappa shape index (κ2) is 5.38. The van der Waals surface area contributed by atoms with Crippen molar-refractivity contribution in [1.82, 2.24) is 0 Å². The summed E-state index contributed by atoms with van der Waals surface area (Å²) in [6.45, 7) is 2.89. The number of aliphatic hydroxyl groups excluding tert-OH is 1. The number of aliphatic hydroxyl groups is 1. The van der Waals surface area contributed by atoms with Gasteiger partial charge < -0.3 is 10.4 Å². The van der Waals surface area contributed by atoms with E-state index in [2.05, 4.69) is 35.7 Å². The van der Waals surface area contributed by atoms with Gasteiger partial charge in [-0.25, -0.2) is 0 Å². The molecule has 0 amide bonds. The SMILES string of the molecule is C1=Cc2ccccc2NC1.CCO. The van der Waals surface area contributed by atoms with Crippen molar-refractivity contribution in [3.8, 4) is 0 Å². The molecule has 0 atom stereocenters. The van der Waals surface area contributed by atoms with Gasteiger partial charge in [0, 0.05) is 18.8 Å². The van der Waals surface area contributed by atoms with Crippen LogP contribution in [0.3, 0.4) is 0 Å². The summed E-state index contributed by atoms with van der Waals surface area (Å²) < 4.78 is 0. The van der Waals surface area contributed by atoms with Crippen molar-refractivity contribution in [3.63, 3.8) is 0 Å². The lowest BCUT2D eigenvalue weighted by atomic mass is 10.1. The van der Waals surface area contributed by atoms with Crippen LogP contribution in [-0.2, 0) is 0 Å². The molecule has 70 valence electrons. The Morgan fingerprint density at radius 3 is 2.77 bits per heavy atom. The maximum Gasteiger partial charge on any atom is 0.0416 e. The molecule has 0 aromatic heterocycles. The van der Waals surface area contributed by atoms with Crippen LogP contribution in [-0.4, -0.2) is 18.3 Å². The molecule has 1 heterocycles. The average molecular weight is 177 g/mol. The van der Waals surface area contributed by atoms with Gasteiger partial charge in [-0.2, -0.15) is 0 Å². The third-order valence-electron chi connectivity index (χ3n) is 1.67. The molecule has 0 aliphatic carbocycles. The minimum atomic E-state index is 0.250. The zero-order chi connectivity index (χ0) is 9.52. The molecule has 2 rings (SSSR count). The summed E-state index contributed by atoms with van der Waals surface area (Å²) in [6.07, 6.45) is 4.27. The van der Waals surface area contributed by atoms with Crippen LogP contribution in [0.4, 0.5) is 5.69 Å². The van der Waals surface area contributed by atoms with Gasteiger partial charge in [-0.1, -0.05) is 30.4 Å². The van der Waals surface area contributed by atoms with Crippen molar-refractivity contribution >= 4 is 11.8 Å². The van der Waals surface area contributed by atoms with Gasteiger partial charge in [0.1, 0.15) is 0 Å². The van der Waals surface area contributed by atoms with Crippen LogP contribution in [0.25, 0.3) is 6.08 Å². The van der Waals surface area contributed by atoms with Gasteiger partial charge in [-0.15, -0.1) is 0 Å². The fourth-order valence-electron chi connectivity index (χ4n) is 1.16. The molecule has 0 saturated carbocycles. The maximum absolute atomic E-state index is 7.57. The first-order valence-electron chi connectivity index (χ1n) is 4.48. The van der Waals surface area contributed by atoms with E-state index in [1.54, 1.807) is 6.92 Å². The first kappa shape index (κ1) is 9.81. The van der Waals surface area contributed by atoms with E-state index < -0.39 is 0 Å². The molecule has 2 heteroatoms. The van der Waals surface area contributed by atoms with E-state index in [9.17, 15) is 0 Å². The van der Waals surface area contributed by atoms with E-state index in [1.165, 1.54) is 11.3 Å². The summed E-state index contributed by atoms with van der Waals surface area (Å²) in [5.41, 5.74) is 2.53. The monoisotopic (exact) mass is 177 g/mol. The highest BCUT2D eigenvalue weighted by molar-refractivity contribution is 5.69. The van der Waals surface area contributed by atoms with E-state index in [0.29, 0.717) is 0 Å². The molecule has 1 aliphatic rings. The number of hydrogen-bond acceptors (Lipinski definition) is 2. The summed E-state index contributed by atoms with van der Waals surface area (Å²) in [6, 6.07) is 8.30. The fourth-order valence-corrected chi connectivity index (χ4v) is 1.16. The Balaban J connectivity index is 0.000000251. The zero-order valence-electron chi connectivity index (χ0n) is 7.83. The lowest BCUT2D eigenvalue weighted by Gasteiger charge is -2.11. The number of para-hydroxylation sites is 1. The largest absolute Gasteiger partial charge is 0.397 e. The molecule has 2 N–H and O–H groups in total. The molecular weight excluding hydrogens is 162 g/mol. The van der Waals surface area contributed by atoms with Crippen molar-refractivity contribution in [3.05, 3.63) is 35.9 Å². The second-order valence-electron chi connectivity index (χ2n) is 2.69. The second-order valence-corrected chi connectivity index (χ2v) is 2.69. The molecule has 13 heavy (non-hydrogen) atoms. The molecule has 1 aromatic carbocycles. The normalized spacial score (nSPS) is 12.2. The first-order valence-corrected chi connectivity index (χ1v) is 4.48. The van der Waals surface area contributed by atoms with Crippen LogP contribution >= 0.6 is 0 Å². The Kier molecular flexibility index (Phi) is 4.06. The quantitative estimate of drug-likeness (QED) is 0.636. The molecule has 0 fully saturated rings. The summed E-state index contributed by atoms with van der Waals surface area (Å²) in [5.74, 6) is 0. The predicted octanol–water partition coefficient (Wildman–Crippen LogP) is 2.12. The zero-order valence-corrected chi connectivity index (χ0v) is 7.83. The highest BCUT2D eigenvalue weighted by Gasteiger charge is 1.98. The Hall–Kier alpha value is -1.28. The average Bonchev–Trinajstić information content (AvgIpc) is 2.19. The van der Waals surface area contributed by atoms with Crippen LogP contribution in [0.2, 0.25) is 0 Å². The molecule has 0 unspecified atom stereocenters. The molecule has 0 radical (unpaired) electrons. The lowest BCUT2D eigenvalue weighted by molar-refractivity contribution is 0.318. The van der Waals surface area contributed by atoms with Gasteiger partial charge in [-0.3, -0.25) is 0 Å². The molecule has 0 saturated heterocycles. The Bertz CT molecular complexity index is 281. The molecule has 1 aromatic rings. The van der Waals surface area contributed by atoms with Crippen molar-refractivity contribution in [2.75, 3.05) is 18.5 Å². The summed E-state index contributed by atoms with van der Waals surface area (Å²) in [5, 5.41) is 10.8. The van der Waals surface area contributed by atoms with Crippen LogP contribution in [0.15, 0.2) is 30.3 Å². The minimum absolute atomic E-state index is 0.250. The van der Waals surface area contributed by atoms with Crippen molar-refractivity contribution < 1.29 is 5.11 Å². The summed E-state index contributed by atoms with van der Waals surface area (Å²) >= 11 is 0. The number of anilines is 1. The lowest BCUT2D eigenvalue weighted by Crippen LogP contribution is -2.03. The maximum atomic E-state index is 7.57. The smallest absolute Gasteiger partial charge is 0.0416 e. The first-order chi connectivity index (χ1) is 6.38. The third-order valence-corrected chi connectivity index (χ3v) is 1.67. The van der Waals surface area contributed by atoms with E-state index in [4.69, 9.17) is 5.11 Å². The number of hydrogen-bond donors (Lipinski definition) is 2. The van der Waals surface area contributed by atoms with E-state index in [-0.39, 0.29) is 6.61 Å². The summed E-state index contributed by atoms with van der Waals surface area (Å²) in [7, 11) is 0. The number of benzene rings is 1. The molecule has 1 aliphatic heterocycles. The molecule has 0 bridgehead atoms. The predicted molar refractivity (Wildman–Crippen MR) is 56.7 cm³/mol. The van der Waals surface area contributed by atoms with E-state index in [1.807, 2.05) is 6.07 Å². The fraction of sp³-hybridized carbons (Fsp3) is 0.273.